The Morgan fingerprint density at radius 2 is 1.94 bits per heavy atom. The number of nitro benzene ring substituents is 1. The van der Waals surface area contributed by atoms with Gasteiger partial charge in [-0.25, -0.2) is 4.98 Å². The fourth-order valence-electron chi connectivity index (χ4n) is 3.70. The molecule has 2 aromatic heterocycles. The first-order valence-corrected chi connectivity index (χ1v) is 10.7. The van der Waals surface area contributed by atoms with Gasteiger partial charge in [0.1, 0.15) is 11.4 Å². The van der Waals surface area contributed by atoms with Gasteiger partial charge in [-0.1, -0.05) is 16.8 Å². The van der Waals surface area contributed by atoms with Crippen molar-refractivity contribution in [2.75, 3.05) is 31.1 Å². The minimum atomic E-state index is -0.567. The van der Waals surface area contributed by atoms with Gasteiger partial charge in [-0.2, -0.15) is 4.98 Å². The summed E-state index contributed by atoms with van der Waals surface area (Å²) in [6.45, 7) is 1.95. The molecule has 3 heterocycles. The van der Waals surface area contributed by atoms with Crippen molar-refractivity contribution in [1.82, 2.24) is 20.0 Å². The van der Waals surface area contributed by atoms with Crippen molar-refractivity contribution in [3.63, 3.8) is 0 Å². The molecule has 10 nitrogen and oxygen atoms in total. The Bertz CT molecular complexity index is 1170. The van der Waals surface area contributed by atoms with Crippen molar-refractivity contribution in [3.05, 3.63) is 63.1 Å². The predicted octanol–water partition coefficient (Wildman–Crippen LogP) is 3.53. The lowest BCUT2D eigenvalue weighted by molar-refractivity contribution is -0.385. The number of nitrogens with zero attached hydrogens (tertiary/aromatic N) is 6. The second-order valence-corrected chi connectivity index (χ2v) is 8.27. The van der Waals surface area contributed by atoms with Crippen LogP contribution in [0.25, 0.3) is 11.4 Å². The molecule has 1 aromatic carbocycles. The summed E-state index contributed by atoms with van der Waals surface area (Å²) in [5, 5.41) is 15.6. The van der Waals surface area contributed by atoms with Crippen LogP contribution in [-0.2, 0) is 0 Å². The summed E-state index contributed by atoms with van der Waals surface area (Å²) in [4.78, 5) is 36.2. The van der Waals surface area contributed by atoms with Crippen LogP contribution in [0, 0.1) is 10.1 Å². The van der Waals surface area contributed by atoms with E-state index in [1.54, 1.807) is 11.1 Å². The number of carbonyl (C=O) groups is 1. The Kier molecular flexibility index (Phi) is 5.22. The minimum Gasteiger partial charge on any atom is -0.353 e. The Morgan fingerprint density at radius 1 is 1.16 bits per heavy atom. The van der Waals surface area contributed by atoms with Crippen molar-refractivity contribution >= 4 is 29.0 Å². The summed E-state index contributed by atoms with van der Waals surface area (Å²) < 4.78 is 5.30. The molecule has 164 valence electrons. The third kappa shape index (κ3) is 4.01. The normalized spacial score (nSPS) is 16.3. The third-order valence-corrected chi connectivity index (χ3v) is 5.89. The molecule has 0 atom stereocenters. The number of nitro groups is 1. The van der Waals surface area contributed by atoms with Crippen LogP contribution in [0.1, 0.15) is 35.0 Å². The number of halogens is 1. The van der Waals surface area contributed by atoms with Gasteiger partial charge in [-0.05, 0) is 37.1 Å². The number of rotatable bonds is 5. The first kappa shape index (κ1) is 20.4. The maximum Gasteiger partial charge on any atom is 0.282 e. The summed E-state index contributed by atoms with van der Waals surface area (Å²) in [5.74, 6) is 2.00. The molecule has 3 aromatic rings. The molecule has 11 heteroatoms. The highest BCUT2D eigenvalue weighted by molar-refractivity contribution is 6.31. The van der Waals surface area contributed by atoms with E-state index in [-0.39, 0.29) is 16.3 Å². The highest BCUT2D eigenvalue weighted by Gasteiger charge is 2.30. The number of pyridine rings is 1. The standard InChI is InChI=1S/C21H19ClN6O4/c22-15-4-5-17(28(30)31)16(11-15)21(29)27-9-7-26(8-10-27)18-6-3-14(12-23-18)19-24-20(32-25-19)13-1-2-13/h3-6,11-13H,1-2,7-10H2. The SMILES string of the molecule is O=C(c1cc(Cl)ccc1[N+](=O)[O-])N1CCN(c2ccc(-c3noc(C4CC4)n3)cn2)CC1. The maximum absolute atomic E-state index is 12.9. The monoisotopic (exact) mass is 454 g/mol. The lowest BCUT2D eigenvalue weighted by Gasteiger charge is -2.35. The number of amides is 1. The summed E-state index contributed by atoms with van der Waals surface area (Å²) in [5.41, 5.74) is 0.543. The lowest BCUT2D eigenvalue weighted by Crippen LogP contribution is -2.49. The molecule has 1 aliphatic carbocycles. The number of hydrogen-bond donors (Lipinski definition) is 0. The van der Waals surface area contributed by atoms with Gasteiger partial charge in [0, 0.05) is 54.9 Å². The molecule has 0 radical (unpaired) electrons. The smallest absolute Gasteiger partial charge is 0.282 e. The Balaban J connectivity index is 1.24. The molecule has 2 aliphatic rings. The predicted molar refractivity (Wildman–Crippen MR) is 116 cm³/mol. The van der Waals surface area contributed by atoms with Crippen molar-refractivity contribution in [3.8, 4) is 11.4 Å². The second-order valence-electron chi connectivity index (χ2n) is 7.83. The highest BCUT2D eigenvalue weighted by atomic mass is 35.5. The molecule has 0 N–H and O–H groups in total. The molecule has 0 spiro atoms. The molecule has 2 fully saturated rings. The quantitative estimate of drug-likeness (QED) is 0.424. The van der Waals surface area contributed by atoms with E-state index < -0.39 is 10.8 Å². The van der Waals surface area contributed by atoms with E-state index in [1.807, 2.05) is 12.1 Å². The van der Waals surface area contributed by atoms with Crippen LogP contribution in [-0.4, -0.2) is 57.0 Å². The van der Waals surface area contributed by atoms with Crippen LogP contribution in [0.5, 0.6) is 0 Å². The van der Waals surface area contributed by atoms with Crippen molar-refractivity contribution in [1.29, 1.82) is 0 Å². The molecule has 1 amide bonds. The zero-order valence-corrected chi connectivity index (χ0v) is 17.7. The van der Waals surface area contributed by atoms with Gasteiger partial charge < -0.3 is 14.3 Å². The fraction of sp³-hybridized carbons (Fsp3) is 0.333. The van der Waals surface area contributed by atoms with E-state index in [0.717, 1.165) is 24.2 Å². The Labute approximate surface area is 187 Å². The Hall–Kier alpha value is -3.53. The molecule has 5 rings (SSSR count). The molecule has 1 saturated carbocycles. The van der Waals surface area contributed by atoms with Crippen LogP contribution < -0.4 is 4.90 Å². The molecular weight excluding hydrogens is 436 g/mol. The second kappa shape index (κ2) is 8.19. The minimum absolute atomic E-state index is 0.00380. The molecule has 1 saturated heterocycles. The van der Waals surface area contributed by atoms with Gasteiger partial charge >= 0.3 is 0 Å². The van der Waals surface area contributed by atoms with Crippen molar-refractivity contribution in [2.24, 2.45) is 0 Å². The summed E-state index contributed by atoms with van der Waals surface area (Å²) >= 11 is 5.96. The van der Waals surface area contributed by atoms with E-state index in [0.29, 0.717) is 43.8 Å². The fourth-order valence-corrected chi connectivity index (χ4v) is 3.87. The van der Waals surface area contributed by atoms with Gasteiger partial charge in [0.05, 0.1) is 4.92 Å². The number of hydrogen-bond acceptors (Lipinski definition) is 8. The van der Waals surface area contributed by atoms with Gasteiger partial charge in [0.2, 0.25) is 11.7 Å². The van der Waals surface area contributed by atoms with E-state index in [9.17, 15) is 14.9 Å². The lowest BCUT2D eigenvalue weighted by atomic mass is 10.1. The zero-order valence-electron chi connectivity index (χ0n) is 17.0. The average molecular weight is 455 g/mol. The summed E-state index contributed by atoms with van der Waals surface area (Å²) in [6.07, 6.45) is 3.90. The van der Waals surface area contributed by atoms with Gasteiger partial charge in [-0.15, -0.1) is 0 Å². The molecule has 32 heavy (non-hydrogen) atoms. The van der Waals surface area contributed by atoms with Crippen molar-refractivity contribution in [2.45, 2.75) is 18.8 Å². The first-order valence-electron chi connectivity index (χ1n) is 10.3. The number of carbonyl (C=O) groups excluding carboxylic acids is 1. The molecular formula is C21H19ClN6O4. The van der Waals surface area contributed by atoms with E-state index in [2.05, 4.69) is 20.0 Å². The van der Waals surface area contributed by atoms with Crippen LogP contribution in [0.15, 0.2) is 41.1 Å². The zero-order chi connectivity index (χ0) is 22.2. The van der Waals surface area contributed by atoms with Gasteiger partial charge in [0.25, 0.3) is 11.6 Å². The first-order chi connectivity index (χ1) is 15.5. The van der Waals surface area contributed by atoms with Crippen LogP contribution in [0.2, 0.25) is 5.02 Å². The third-order valence-electron chi connectivity index (χ3n) is 5.65. The highest BCUT2D eigenvalue weighted by Crippen LogP contribution is 2.39. The number of anilines is 1. The molecule has 1 aliphatic heterocycles. The largest absolute Gasteiger partial charge is 0.353 e. The van der Waals surface area contributed by atoms with Crippen LogP contribution in [0.3, 0.4) is 0 Å². The van der Waals surface area contributed by atoms with Gasteiger partial charge in [-0.3, -0.25) is 14.9 Å². The van der Waals surface area contributed by atoms with Crippen molar-refractivity contribution < 1.29 is 14.2 Å². The summed E-state index contributed by atoms with van der Waals surface area (Å²) in [7, 11) is 0. The van der Waals surface area contributed by atoms with Crippen LogP contribution in [0.4, 0.5) is 11.5 Å². The number of piperazine rings is 1. The van der Waals surface area contributed by atoms with Gasteiger partial charge in [0.15, 0.2) is 0 Å². The average Bonchev–Trinajstić information content (AvgIpc) is 3.55. The number of aromatic nitrogens is 3. The Morgan fingerprint density at radius 3 is 2.59 bits per heavy atom. The van der Waals surface area contributed by atoms with Crippen LogP contribution >= 0.6 is 11.6 Å². The molecule has 0 bridgehead atoms. The number of benzene rings is 1. The maximum atomic E-state index is 12.9. The summed E-state index contributed by atoms with van der Waals surface area (Å²) in [6, 6.07) is 7.81. The van der Waals surface area contributed by atoms with E-state index in [4.69, 9.17) is 16.1 Å². The topological polar surface area (TPSA) is 118 Å². The molecule has 0 unspecified atom stereocenters. The van der Waals surface area contributed by atoms with E-state index >= 15 is 0 Å². The van der Waals surface area contributed by atoms with E-state index in [1.165, 1.54) is 18.2 Å².